The van der Waals surface area contributed by atoms with Crippen LogP contribution in [0.15, 0.2) is 0 Å². The van der Waals surface area contributed by atoms with Gasteiger partial charge in [0, 0.05) is 0 Å². The van der Waals surface area contributed by atoms with E-state index in [1.54, 1.807) is 0 Å². The minimum absolute atomic E-state index is 2.79. The Bertz CT molecular complexity index is 419. The first kappa shape index (κ1) is 19.1. The Morgan fingerprint density at radius 1 is 0.318 bits per heavy atom. The summed E-state index contributed by atoms with van der Waals surface area (Å²) in [6, 6.07) is 0. The van der Waals surface area contributed by atoms with Crippen LogP contribution in [0.25, 0.3) is 0 Å². The Kier molecular flexibility index (Phi) is 3.56. The molecule has 1 fully saturated rings. The number of alkyl halides is 14. The summed E-state index contributed by atoms with van der Waals surface area (Å²) in [5.41, 5.74) is 0. The summed E-state index contributed by atoms with van der Waals surface area (Å²) < 4.78 is 178. The number of hydrogen-bond donors (Lipinski definition) is 0. The van der Waals surface area contributed by atoms with E-state index in [-0.39, 0.29) is 0 Å². The van der Waals surface area contributed by atoms with Gasteiger partial charge in [-0.15, -0.1) is 0 Å². The maximum atomic E-state index is 12.7. The van der Waals surface area contributed by atoms with E-state index < -0.39 is 47.9 Å². The highest BCUT2D eigenvalue weighted by Crippen LogP contribution is 2.66. The molecule has 0 heterocycles. The Morgan fingerprint density at radius 2 is 0.500 bits per heavy atom. The summed E-state index contributed by atoms with van der Waals surface area (Å²) in [5.74, 6) is -52.4. The van der Waals surface area contributed by atoms with Crippen molar-refractivity contribution < 1.29 is 61.5 Å². The van der Waals surface area contributed by atoms with Crippen molar-refractivity contribution in [2.75, 3.05) is 0 Å². The summed E-state index contributed by atoms with van der Waals surface area (Å²) in [6.45, 7) is 0. The lowest BCUT2D eigenvalue weighted by molar-refractivity contribution is -0.452. The number of rotatable bonds is 0. The van der Waals surface area contributed by atoms with Crippen molar-refractivity contribution in [2.45, 2.75) is 41.5 Å². The van der Waals surface area contributed by atoms with E-state index in [1.807, 2.05) is 0 Å². The molecule has 0 aromatic heterocycles. The maximum Gasteiger partial charge on any atom is 0.384 e. The van der Waals surface area contributed by atoms with Crippen LogP contribution >= 0.6 is 0 Å². The molecule has 131 valence electrons. The van der Waals surface area contributed by atoms with E-state index in [2.05, 4.69) is 0 Å². The van der Waals surface area contributed by atoms with Gasteiger partial charge in [0.05, 0.1) is 0 Å². The summed E-state index contributed by atoms with van der Waals surface area (Å²) in [7, 11) is 0. The molecule has 0 saturated heterocycles. The molecule has 1 aliphatic carbocycles. The molecule has 1 radical (unpaired) electrons. The normalized spacial score (nSPS) is 33.5. The van der Waals surface area contributed by atoms with Crippen LogP contribution in [-0.4, -0.2) is 41.5 Å². The van der Waals surface area contributed by atoms with Gasteiger partial charge in [0.15, 0.2) is 0 Å². The van der Waals surface area contributed by atoms with Crippen LogP contribution in [-0.2, 0) is 0 Å². The molecule has 1 saturated carbocycles. The molecule has 0 aromatic rings. The van der Waals surface area contributed by atoms with Crippen LogP contribution in [0.2, 0.25) is 0 Å². The summed E-state index contributed by atoms with van der Waals surface area (Å²) in [6.07, 6.45) is -2.79. The third-order valence-electron chi connectivity index (χ3n) is 2.78. The monoisotopic (exact) mass is 363 g/mol. The molecule has 0 nitrogen and oxygen atoms in total. The van der Waals surface area contributed by atoms with E-state index in [1.165, 1.54) is 0 Å². The molecule has 14 heteroatoms. The second-order valence-corrected chi connectivity index (χ2v) is 4.26. The van der Waals surface area contributed by atoms with Gasteiger partial charge in [-0.3, -0.25) is 0 Å². The third-order valence-corrected chi connectivity index (χ3v) is 2.78. The lowest BCUT2D eigenvalue weighted by Gasteiger charge is -2.46. The minimum Gasteiger partial charge on any atom is -0.199 e. The summed E-state index contributed by atoms with van der Waals surface area (Å²) >= 11 is 0. The fourth-order valence-corrected chi connectivity index (χ4v) is 1.42. The summed E-state index contributed by atoms with van der Waals surface area (Å²) in [5, 5.41) is 0. The predicted molar refractivity (Wildman–Crippen MR) is 38.9 cm³/mol. The standard InChI is InChI=1S/C8HF14/c9-2(10)1-3(11,12)5(15,16)7(19,20)8(21,22)6(17,18)4(2,13)14/h1H. The van der Waals surface area contributed by atoms with Gasteiger partial charge in [-0.05, 0) is 0 Å². The smallest absolute Gasteiger partial charge is 0.199 e. The Hall–Kier alpha value is -0.980. The van der Waals surface area contributed by atoms with Crippen molar-refractivity contribution in [1.29, 1.82) is 0 Å². The lowest BCUT2D eigenvalue weighted by atomic mass is 9.82. The van der Waals surface area contributed by atoms with Crippen molar-refractivity contribution in [3.05, 3.63) is 6.42 Å². The summed E-state index contributed by atoms with van der Waals surface area (Å²) in [4.78, 5) is 0. The zero-order valence-electron chi connectivity index (χ0n) is 9.37. The van der Waals surface area contributed by atoms with Crippen LogP contribution in [0.5, 0.6) is 0 Å². The molecule has 22 heavy (non-hydrogen) atoms. The number of halogens is 14. The van der Waals surface area contributed by atoms with E-state index in [0.29, 0.717) is 0 Å². The van der Waals surface area contributed by atoms with Crippen molar-refractivity contribution in [3.8, 4) is 0 Å². The first-order chi connectivity index (χ1) is 9.21. The fraction of sp³-hybridized carbons (Fsp3) is 0.875. The molecule has 0 atom stereocenters. The van der Waals surface area contributed by atoms with Gasteiger partial charge < -0.3 is 0 Å². The Labute approximate surface area is 111 Å². The first-order valence-corrected chi connectivity index (χ1v) is 4.72. The SMILES string of the molecule is FC1(F)[CH]C(F)(F)C(F)(F)C(F)(F)C(F)(F)C(F)(F)C1(F)F. The zero-order chi connectivity index (χ0) is 18.2. The minimum atomic E-state index is -7.92. The molecular weight excluding hydrogens is 362 g/mol. The van der Waals surface area contributed by atoms with E-state index in [4.69, 9.17) is 0 Å². The Morgan fingerprint density at radius 3 is 0.727 bits per heavy atom. The van der Waals surface area contributed by atoms with E-state index in [9.17, 15) is 61.5 Å². The molecule has 0 aliphatic heterocycles. The van der Waals surface area contributed by atoms with Gasteiger partial charge in [0.2, 0.25) is 0 Å². The van der Waals surface area contributed by atoms with Gasteiger partial charge in [0.1, 0.15) is 6.42 Å². The maximum absolute atomic E-state index is 12.7. The van der Waals surface area contributed by atoms with Crippen LogP contribution < -0.4 is 0 Å². The molecule has 0 N–H and O–H groups in total. The van der Waals surface area contributed by atoms with Gasteiger partial charge in [0.25, 0.3) is 0 Å². The van der Waals surface area contributed by atoms with Crippen LogP contribution in [0.1, 0.15) is 0 Å². The zero-order valence-corrected chi connectivity index (χ0v) is 9.37. The van der Waals surface area contributed by atoms with Gasteiger partial charge in [-0.25, -0.2) is 0 Å². The highest BCUT2D eigenvalue weighted by molar-refractivity contribution is 5.23. The average molecular weight is 363 g/mol. The largest absolute Gasteiger partial charge is 0.384 e. The highest BCUT2D eigenvalue weighted by Gasteiger charge is 2.95. The van der Waals surface area contributed by atoms with E-state index in [0.717, 1.165) is 0 Å². The quantitative estimate of drug-likeness (QED) is 0.550. The van der Waals surface area contributed by atoms with Crippen LogP contribution in [0, 0.1) is 6.42 Å². The molecule has 0 unspecified atom stereocenters. The molecule has 1 aliphatic rings. The molecular formula is C8HF14. The lowest BCUT2D eigenvalue weighted by Crippen LogP contribution is -2.76. The van der Waals surface area contributed by atoms with Crippen molar-refractivity contribution in [1.82, 2.24) is 0 Å². The van der Waals surface area contributed by atoms with Gasteiger partial charge in [-0.2, -0.15) is 61.5 Å². The van der Waals surface area contributed by atoms with Crippen molar-refractivity contribution in [2.24, 2.45) is 0 Å². The van der Waals surface area contributed by atoms with Gasteiger partial charge >= 0.3 is 41.5 Å². The molecule has 0 bridgehead atoms. The van der Waals surface area contributed by atoms with Crippen molar-refractivity contribution in [3.63, 3.8) is 0 Å². The van der Waals surface area contributed by atoms with E-state index >= 15 is 0 Å². The first-order valence-electron chi connectivity index (χ1n) is 4.72. The predicted octanol–water partition coefficient (Wildman–Crippen LogP) is 4.65. The second-order valence-electron chi connectivity index (χ2n) is 4.26. The molecule has 0 aromatic carbocycles. The molecule has 0 spiro atoms. The van der Waals surface area contributed by atoms with Crippen molar-refractivity contribution >= 4 is 0 Å². The third kappa shape index (κ3) is 1.77. The highest BCUT2D eigenvalue weighted by atomic mass is 19.4. The van der Waals surface area contributed by atoms with Crippen LogP contribution in [0.4, 0.5) is 61.5 Å². The molecule has 0 amide bonds. The van der Waals surface area contributed by atoms with Gasteiger partial charge in [-0.1, -0.05) is 0 Å². The average Bonchev–Trinajstić information content (AvgIpc) is 2.24. The van der Waals surface area contributed by atoms with Crippen LogP contribution in [0.3, 0.4) is 0 Å². The number of hydrogen-bond acceptors (Lipinski definition) is 0. The second kappa shape index (κ2) is 4.10. The Balaban J connectivity index is 3.83. The molecule has 1 rings (SSSR count). The topological polar surface area (TPSA) is 0 Å². The fourth-order valence-electron chi connectivity index (χ4n) is 1.42.